The number of anilines is 2. The van der Waals surface area contributed by atoms with Gasteiger partial charge in [0.05, 0.1) is 5.52 Å². The van der Waals surface area contributed by atoms with Gasteiger partial charge in [-0.3, -0.25) is 4.98 Å². The molecule has 0 aliphatic heterocycles. The van der Waals surface area contributed by atoms with Crippen molar-refractivity contribution in [2.24, 2.45) is 0 Å². The van der Waals surface area contributed by atoms with E-state index in [0.29, 0.717) is 6.04 Å². The van der Waals surface area contributed by atoms with E-state index in [2.05, 4.69) is 81.2 Å². The number of fused-ring (bicyclic) bond motifs is 1. The Morgan fingerprint density at radius 1 is 1.12 bits per heavy atom. The molecular formula is C21H34N4. The molecule has 1 aromatic carbocycles. The molecule has 0 amide bonds. The molecular weight excluding hydrogens is 308 g/mol. The second kappa shape index (κ2) is 9.04. The van der Waals surface area contributed by atoms with Crippen LogP contribution >= 0.6 is 0 Å². The van der Waals surface area contributed by atoms with Crippen molar-refractivity contribution in [2.45, 2.75) is 46.6 Å². The Morgan fingerprint density at radius 3 is 2.48 bits per heavy atom. The van der Waals surface area contributed by atoms with Crippen LogP contribution in [0, 0.1) is 6.92 Å². The minimum atomic E-state index is 0.453. The average molecular weight is 343 g/mol. The second-order valence-corrected chi connectivity index (χ2v) is 7.12. The summed E-state index contributed by atoms with van der Waals surface area (Å²) in [5.74, 6) is 0. The number of aryl methyl sites for hydroxylation is 1. The van der Waals surface area contributed by atoms with E-state index in [9.17, 15) is 0 Å². The van der Waals surface area contributed by atoms with Gasteiger partial charge in [0.1, 0.15) is 0 Å². The minimum Gasteiger partial charge on any atom is -0.382 e. The van der Waals surface area contributed by atoms with Gasteiger partial charge in [0, 0.05) is 42.6 Å². The monoisotopic (exact) mass is 342 g/mol. The molecule has 0 aliphatic rings. The minimum absolute atomic E-state index is 0.453. The van der Waals surface area contributed by atoms with Crippen LogP contribution in [0.15, 0.2) is 24.3 Å². The number of rotatable bonds is 9. The molecule has 0 unspecified atom stereocenters. The van der Waals surface area contributed by atoms with Gasteiger partial charge in [-0.1, -0.05) is 13.8 Å². The van der Waals surface area contributed by atoms with Crippen molar-refractivity contribution >= 4 is 22.3 Å². The third-order valence-corrected chi connectivity index (χ3v) is 4.85. The Labute approximate surface area is 153 Å². The number of nitrogens with zero attached hydrogens (tertiary/aromatic N) is 3. The number of hydrogen-bond acceptors (Lipinski definition) is 4. The van der Waals surface area contributed by atoms with Gasteiger partial charge in [0.15, 0.2) is 0 Å². The molecule has 4 heteroatoms. The van der Waals surface area contributed by atoms with Crippen LogP contribution in [-0.2, 0) is 0 Å². The lowest BCUT2D eigenvalue weighted by atomic mass is 10.1. The number of pyridine rings is 1. The van der Waals surface area contributed by atoms with E-state index in [1.54, 1.807) is 0 Å². The summed E-state index contributed by atoms with van der Waals surface area (Å²) in [5.41, 5.74) is 4.50. The Kier molecular flexibility index (Phi) is 7.06. The third-order valence-electron chi connectivity index (χ3n) is 4.85. The molecule has 0 aliphatic carbocycles. The van der Waals surface area contributed by atoms with Gasteiger partial charge >= 0.3 is 0 Å². The molecule has 0 saturated heterocycles. The Hall–Kier alpha value is -1.81. The lowest BCUT2D eigenvalue weighted by Crippen LogP contribution is -2.25. The first-order valence-electron chi connectivity index (χ1n) is 9.52. The fourth-order valence-electron chi connectivity index (χ4n) is 3.25. The van der Waals surface area contributed by atoms with Crippen molar-refractivity contribution in [1.82, 2.24) is 9.88 Å². The Balaban J connectivity index is 2.09. The van der Waals surface area contributed by atoms with E-state index in [-0.39, 0.29) is 0 Å². The van der Waals surface area contributed by atoms with Gasteiger partial charge < -0.3 is 15.1 Å². The second-order valence-electron chi connectivity index (χ2n) is 7.12. The number of hydrogen-bond donors (Lipinski definition) is 1. The molecule has 25 heavy (non-hydrogen) atoms. The van der Waals surface area contributed by atoms with E-state index < -0.39 is 0 Å². The summed E-state index contributed by atoms with van der Waals surface area (Å²) in [6, 6.07) is 9.13. The molecule has 138 valence electrons. The first-order valence-corrected chi connectivity index (χ1v) is 9.52. The number of benzene rings is 1. The summed E-state index contributed by atoms with van der Waals surface area (Å²) in [6.07, 6.45) is 2.40. The average Bonchev–Trinajstić information content (AvgIpc) is 2.58. The quantitative estimate of drug-likeness (QED) is 0.725. The van der Waals surface area contributed by atoms with Gasteiger partial charge in [0.25, 0.3) is 0 Å². The van der Waals surface area contributed by atoms with Crippen molar-refractivity contribution in [3.63, 3.8) is 0 Å². The van der Waals surface area contributed by atoms with E-state index in [1.807, 2.05) is 0 Å². The van der Waals surface area contributed by atoms with Gasteiger partial charge in [-0.15, -0.1) is 0 Å². The normalized spacial score (nSPS) is 12.6. The molecule has 2 aromatic rings. The highest BCUT2D eigenvalue weighted by Crippen LogP contribution is 2.27. The van der Waals surface area contributed by atoms with Crippen molar-refractivity contribution in [2.75, 3.05) is 43.9 Å². The topological polar surface area (TPSA) is 31.4 Å². The Bertz CT molecular complexity index is 677. The van der Waals surface area contributed by atoms with E-state index >= 15 is 0 Å². The van der Waals surface area contributed by atoms with Crippen LogP contribution in [0.1, 0.15) is 39.3 Å². The maximum absolute atomic E-state index is 4.72. The summed E-state index contributed by atoms with van der Waals surface area (Å²) >= 11 is 0. The summed E-state index contributed by atoms with van der Waals surface area (Å²) in [6.45, 7) is 12.3. The van der Waals surface area contributed by atoms with Gasteiger partial charge in [-0.2, -0.15) is 0 Å². The van der Waals surface area contributed by atoms with E-state index in [1.165, 1.54) is 36.1 Å². The molecule has 0 saturated carbocycles. The molecule has 0 bridgehead atoms. The summed E-state index contributed by atoms with van der Waals surface area (Å²) < 4.78 is 0. The predicted octanol–water partition coefficient (Wildman–Crippen LogP) is 4.53. The zero-order chi connectivity index (χ0) is 18.4. The fraction of sp³-hybridized carbons (Fsp3) is 0.571. The molecule has 2 rings (SSSR count). The zero-order valence-corrected chi connectivity index (χ0v) is 16.8. The molecule has 0 radical (unpaired) electrons. The molecule has 1 heterocycles. The molecule has 1 atom stereocenters. The van der Waals surface area contributed by atoms with Gasteiger partial charge in [-0.05, 0) is 70.6 Å². The summed E-state index contributed by atoms with van der Waals surface area (Å²) in [7, 11) is 4.13. The highest BCUT2D eigenvalue weighted by molar-refractivity contribution is 5.93. The van der Waals surface area contributed by atoms with Crippen molar-refractivity contribution in [1.29, 1.82) is 0 Å². The highest BCUT2D eigenvalue weighted by Gasteiger charge is 2.09. The van der Waals surface area contributed by atoms with Crippen LogP contribution in [-0.4, -0.2) is 49.7 Å². The zero-order valence-electron chi connectivity index (χ0n) is 16.8. The van der Waals surface area contributed by atoms with Crippen LogP contribution in [0.4, 0.5) is 11.4 Å². The molecule has 4 nitrogen and oxygen atoms in total. The van der Waals surface area contributed by atoms with Crippen molar-refractivity contribution in [3.8, 4) is 0 Å². The summed E-state index contributed by atoms with van der Waals surface area (Å²) in [5, 5.41) is 4.91. The largest absolute Gasteiger partial charge is 0.382 e. The van der Waals surface area contributed by atoms with Crippen LogP contribution in [0.2, 0.25) is 0 Å². The maximum Gasteiger partial charge on any atom is 0.0746 e. The van der Waals surface area contributed by atoms with Crippen molar-refractivity contribution < 1.29 is 0 Å². The Morgan fingerprint density at radius 2 is 1.84 bits per heavy atom. The van der Waals surface area contributed by atoms with Crippen LogP contribution in [0.3, 0.4) is 0 Å². The van der Waals surface area contributed by atoms with Crippen LogP contribution in [0.25, 0.3) is 10.9 Å². The predicted molar refractivity (Wildman–Crippen MR) is 111 cm³/mol. The first kappa shape index (κ1) is 19.5. The van der Waals surface area contributed by atoms with E-state index in [4.69, 9.17) is 4.98 Å². The highest BCUT2D eigenvalue weighted by atomic mass is 15.1. The molecule has 0 spiro atoms. The number of aromatic nitrogens is 1. The van der Waals surface area contributed by atoms with Crippen LogP contribution in [0.5, 0.6) is 0 Å². The standard InChI is InChI=1S/C21H34N4/c1-7-25(8-2)13-9-10-16(3)22-20-14-17(4)23-21-15-18(24(5)6)11-12-19(20)21/h11-12,14-16H,7-10,13H2,1-6H3,(H,22,23)/t16-/m1/s1. The lowest BCUT2D eigenvalue weighted by molar-refractivity contribution is 0.295. The maximum atomic E-state index is 4.72. The first-order chi connectivity index (χ1) is 11.9. The van der Waals surface area contributed by atoms with E-state index in [0.717, 1.165) is 24.3 Å². The summed E-state index contributed by atoms with van der Waals surface area (Å²) in [4.78, 5) is 9.33. The van der Waals surface area contributed by atoms with Gasteiger partial charge in [-0.25, -0.2) is 0 Å². The molecule has 0 fully saturated rings. The third kappa shape index (κ3) is 5.33. The van der Waals surface area contributed by atoms with Gasteiger partial charge in [0.2, 0.25) is 0 Å². The lowest BCUT2D eigenvalue weighted by Gasteiger charge is -2.21. The fourth-order valence-corrected chi connectivity index (χ4v) is 3.25. The molecule has 1 N–H and O–H groups in total. The van der Waals surface area contributed by atoms with Crippen LogP contribution < -0.4 is 10.2 Å². The number of nitrogens with one attached hydrogen (secondary N) is 1. The SMILES string of the molecule is CCN(CC)CCC[C@@H](C)Nc1cc(C)nc2cc(N(C)C)ccc12. The van der Waals surface area contributed by atoms with Crippen molar-refractivity contribution in [3.05, 3.63) is 30.0 Å². The molecule has 1 aromatic heterocycles. The smallest absolute Gasteiger partial charge is 0.0746 e.